The fraction of sp³-hybridized carbons (Fsp3) is 0.417. The molecule has 7 nitrogen and oxygen atoms in total. The third kappa shape index (κ3) is 7.94. The van der Waals surface area contributed by atoms with Gasteiger partial charge in [0.15, 0.2) is 12.6 Å². The van der Waals surface area contributed by atoms with Gasteiger partial charge in [0, 0.05) is 26.7 Å². The summed E-state index contributed by atoms with van der Waals surface area (Å²) in [4.78, 5) is 17.7. The van der Waals surface area contributed by atoms with E-state index in [2.05, 4.69) is 44.8 Å². The number of nitrogens with one attached hydrogen (secondary N) is 2. The molecule has 0 unspecified atom stereocenters. The van der Waals surface area contributed by atoms with Crippen LogP contribution in [0.2, 0.25) is 0 Å². The quantitative estimate of drug-likeness (QED) is 0.426. The number of nitrogens with two attached hydrogens (primary N) is 1. The molecule has 166 valence electrons. The zero-order chi connectivity index (χ0) is 21.9. The zero-order valence-electron chi connectivity index (χ0n) is 18.3. The molecule has 1 saturated heterocycles. The first kappa shape index (κ1) is 22.6. The summed E-state index contributed by atoms with van der Waals surface area (Å²) in [5, 5.41) is 6.65. The fourth-order valence-electron chi connectivity index (χ4n) is 3.63. The smallest absolute Gasteiger partial charge is 0.255 e. The molecule has 2 aromatic rings. The molecule has 1 fully saturated rings. The number of likely N-dealkylation sites (tertiary alicyclic amines) is 1. The van der Waals surface area contributed by atoms with Crippen LogP contribution in [0.3, 0.4) is 0 Å². The van der Waals surface area contributed by atoms with Crippen LogP contribution in [0, 0.1) is 0 Å². The van der Waals surface area contributed by atoms with Crippen LogP contribution in [0.1, 0.15) is 36.0 Å². The number of guanidine groups is 1. The SMILES string of the molecule is CN=C(NCc1ccc(CN2CCCCC2)cc1)NCc1cccc(OCC(N)=O)c1. The molecular weight excluding hydrogens is 390 g/mol. The molecule has 3 rings (SSSR count). The van der Waals surface area contributed by atoms with Crippen LogP contribution in [0.4, 0.5) is 0 Å². The number of amides is 1. The number of carbonyl (C=O) groups is 1. The third-order valence-corrected chi connectivity index (χ3v) is 5.30. The predicted octanol–water partition coefficient (Wildman–Crippen LogP) is 2.40. The Bertz CT molecular complexity index is 861. The minimum Gasteiger partial charge on any atom is -0.484 e. The molecule has 2 aromatic carbocycles. The molecule has 1 amide bonds. The first-order valence-corrected chi connectivity index (χ1v) is 10.9. The minimum absolute atomic E-state index is 0.128. The lowest BCUT2D eigenvalue weighted by atomic mass is 10.1. The average Bonchev–Trinajstić information content (AvgIpc) is 2.80. The van der Waals surface area contributed by atoms with Crippen LogP contribution in [0.15, 0.2) is 53.5 Å². The normalized spacial score (nSPS) is 14.8. The van der Waals surface area contributed by atoms with Crippen LogP contribution < -0.4 is 21.1 Å². The second kappa shape index (κ2) is 12.0. The monoisotopic (exact) mass is 423 g/mol. The van der Waals surface area contributed by atoms with Gasteiger partial charge in [-0.2, -0.15) is 0 Å². The highest BCUT2D eigenvalue weighted by atomic mass is 16.5. The lowest BCUT2D eigenvalue weighted by Gasteiger charge is -2.26. The van der Waals surface area contributed by atoms with Gasteiger partial charge < -0.3 is 21.1 Å². The molecular formula is C24H33N5O2. The molecule has 1 aliphatic rings. The van der Waals surface area contributed by atoms with E-state index in [1.165, 1.54) is 43.5 Å². The number of piperidine rings is 1. The predicted molar refractivity (Wildman–Crippen MR) is 124 cm³/mol. The Morgan fingerprint density at radius 3 is 2.35 bits per heavy atom. The summed E-state index contributed by atoms with van der Waals surface area (Å²) >= 11 is 0. The maximum atomic E-state index is 10.9. The standard InChI is InChI=1S/C24H33N5O2/c1-26-24(28-16-21-6-5-7-22(14-21)31-18-23(25)30)27-15-19-8-10-20(11-9-19)17-29-12-3-2-4-13-29/h5-11,14H,2-4,12-13,15-18H2,1H3,(H2,25,30)(H2,26,27,28). The van der Waals surface area contributed by atoms with Crippen molar-refractivity contribution in [2.24, 2.45) is 10.7 Å². The second-order valence-electron chi connectivity index (χ2n) is 7.84. The van der Waals surface area contributed by atoms with Gasteiger partial charge in [-0.05, 0) is 54.8 Å². The minimum atomic E-state index is -0.493. The van der Waals surface area contributed by atoms with Crippen molar-refractivity contribution in [3.05, 3.63) is 65.2 Å². The summed E-state index contributed by atoms with van der Waals surface area (Å²) in [5.74, 6) is 0.846. The van der Waals surface area contributed by atoms with Crippen molar-refractivity contribution in [1.82, 2.24) is 15.5 Å². The van der Waals surface area contributed by atoms with Gasteiger partial charge in [-0.1, -0.05) is 42.8 Å². The molecule has 0 spiro atoms. The van der Waals surface area contributed by atoms with E-state index >= 15 is 0 Å². The van der Waals surface area contributed by atoms with Crippen LogP contribution in [0.5, 0.6) is 5.75 Å². The lowest BCUT2D eigenvalue weighted by molar-refractivity contribution is -0.119. The summed E-state index contributed by atoms with van der Waals surface area (Å²) in [6, 6.07) is 16.4. The largest absolute Gasteiger partial charge is 0.484 e. The van der Waals surface area contributed by atoms with Gasteiger partial charge in [0.25, 0.3) is 5.91 Å². The Kier molecular flexibility index (Phi) is 8.72. The molecule has 0 aliphatic carbocycles. The van der Waals surface area contributed by atoms with Gasteiger partial charge >= 0.3 is 0 Å². The number of aliphatic imine (C=N–C) groups is 1. The first-order chi connectivity index (χ1) is 15.1. The van der Waals surface area contributed by atoms with Gasteiger partial charge in [0.05, 0.1) is 0 Å². The zero-order valence-corrected chi connectivity index (χ0v) is 18.3. The third-order valence-electron chi connectivity index (χ3n) is 5.30. The highest BCUT2D eigenvalue weighted by molar-refractivity contribution is 5.79. The Labute approximate surface area is 184 Å². The van der Waals surface area contributed by atoms with Crippen LogP contribution >= 0.6 is 0 Å². The highest BCUT2D eigenvalue weighted by Crippen LogP contribution is 2.14. The number of ether oxygens (including phenoxy) is 1. The van der Waals surface area contributed by atoms with Crippen molar-refractivity contribution in [1.29, 1.82) is 0 Å². The van der Waals surface area contributed by atoms with E-state index in [9.17, 15) is 4.79 Å². The summed E-state index contributed by atoms with van der Waals surface area (Å²) in [5.41, 5.74) is 8.73. The average molecular weight is 424 g/mol. The molecule has 0 aromatic heterocycles. The van der Waals surface area contributed by atoms with Crippen LogP contribution in [0.25, 0.3) is 0 Å². The number of carbonyl (C=O) groups excluding carboxylic acids is 1. The van der Waals surface area contributed by atoms with E-state index in [1.54, 1.807) is 13.1 Å². The van der Waals surface area contributed by atoms with Crippen LogP contribution in [-0.4, -0.2) is 43.5 Å². The number of hydrogen-bond donors (Lipinski definition) is 3. The van der Waals surface area contributed by atoms with Crippen molar-refractivity contribution < 1.29 is 9.53 Å². The van der Waals surface area contributed by atoms with E-state index in [1.807, 2.05) is 18.2 Å². The molecule has 1 aliphatic heterocycles. The van der Waals surface area contributed by atoms with Crippen molar-refractivity contribution in [3.8, 4) is 5.75 Å². The van der Waals surface area contributed by atoms with Gasteiger partial charge in [0.2, 0.25) is 0 Å². The van der Waals surface area contributed by atoms with E-state index in [0.29, 0.717) is 18.8 Å². The van der Waals surface area contributed by atoms with Crippen molar-refractivity contribution >= 4 is 11.9 Å². The summed E-state index contributed by atoms with van der Waals surface area (Å²) in [6.07, 6.45) is 4.00. The summed E-state index contributed by atoms with van der Waals surface area (Å²) < 4.78 is 5.35. The first-order valence-electron chi connectivity index (χ1n) is 10.9. The molecule has 0 atom stereocenters. The highest BCUT2D eigenvalue weighted by Gasteiger charge is 2.10. The molecule has 1 heterocycles. The Morgan fingerprint density at radius 1 is 1.00 bits per heavy atom. The number of nitrogens with zero attached hydrogens (tertiary/aromatic N) is 2. The maximum Gasteiger partial charge on any atom is 0.255 e. The Morgan fingerprint density at radius 2 is 1.68 bits per heavy atom. The molecule has 0 radical (unpaired) electrons. The Balaban J connectivity index is 1.44. The Hall–Kier alpha value is -3.06. The van der Waals surface area contributed by atoms with E-state index < -0.39 is 5.91 Å². The van der Waals surface area contributed by atoms with E-state index in [4.69, 9.17) is 10.5 Å². The number of rotatable bonds is 9. The topological polar surface area (TPSA) is 92.0 Å². The van der Waals surface area contributed by atoms with Gasteiger partial charge in [-0.25, -0.2) is 0 Å². The van der Waals surface area contributed by atoms with Crippen molar-refractivity contribution in [2.45, 2.75) is 38.9 Å². The second-order valence-corrected chi connectivity index (χ2v) is 7.84. The van der Waals surface area contributed by atoms with Crippen LogP contribution in [-0.2, 0) is 24.4 Å². The fourth-order valence-corrected chi connectivity index (χ4v) is 3.63. The molecule has 4 N–H and O–H groups in total. The number of primary amides is 1. The molecule has 31 heavy (non-hydrogen) atoms. The number of hydrogen-bond acceptors (Lipinski definition) is 4. The van der Waals surface area contributed by atoms with Gasteiger partial charge in [-0.3, -0.25) is 14.7 Å². The van der Waals surface area contributed by atoms with Crippen molar-refractivity contribution in [3.63, 3.8) is 0 Å². The van der Waals surface area contributed by atoms with E-state index in [0.717, 1.165) is 18.1 Å². The molecule has 0 saturated carbocycles. The summed E-state index contributed by atoms with van der Waals surface area (Å²) in [6.45, 7) is 4.63. The molecule has 0 bridgehead atoms. The van der Waals surface area contributed by atoms with Gasteiger partial charge in [0.1, 0.15) is 5.75 Å². The molecule has 7 heteroatoms. The van der Waals surface area contributed by atoms with E-state index in [-0.39, 0.29) is 6.61 Å². The lowest BCUT2D eigenvalue weighted by Crippen LogP contribution is -2.36. The summed E-state index contributed by atoms with van der Waals surface area (Å²) in [7, 11) is 1.75. The van der Waals surface area contributed by atoms with Gasteiger partial charge in [-0.15, -0.1) is 0 Å². The number of benzene rings is 2. The maximum absolute atomic E-state index is 10.9. The van der Waals surface area contributed by atoms with Crippen molar-refractivity contribution in [2.75, 3.05) is 26.7 Å².